The molecule has 1 atom stereocenters. The van der Waals surface area contributed by atoms with E-state index in [9.17, 15) is 9.90 Å². The summed E-state index contributed by atoms with van der Waals surface area (Å²) in [6.45, 7) is 6.03. The van der Waals surface area contributed by atoms with E-state index in [4.69, 9.17) is 0 Å². The van der Waals surface area contributed by atoms with Crippen LogP contribution in [0.5, 0.6) is 0 Å². The zero-order chi connectivity index (χ0) is 12.1. The molecular weight excluding hydrogens is 206 g/mol. The predicted molar refractivity (Wildman–Crippen MR) is 61.1 cm³/mol. The van der Waals surface area contributed by atoms with E-state index < -0.39 is 6.10 Å². The van der Waals surface area contributed by atoms with Crippen LogP contribution in [0.4, 0.5) is 0 Å². The standard InChI is InChI=1S/C11H19N3O2/c1-4-10-12-5-8(14-10)11(16)13-6-9(15)7(2)3/h5,7,9,15H,4,6H2,1-3H3,(H,12,14)(H,13,16). The zero-order valence-electron chi connectivity index (χ0n) is 9.95. The van der Waals surface area contributed by atoms with Crippen LogP contribution in [0, 0.1) is 5.92 Å². The molecule has 16 heavy (non-hydrogen) atoms. The number of imidazole rings is 1. The minimum absolute atomic E-state index is 0.133. The molecular formula is C11H19N3O2. The average Bonchev–Trinajstić information content (AvgIpc) is 2.73. The highest BCUT2D eigenvalue weighted by molar-refractivity contribution is 5.92. The molecule has 1 heterocycles. The Morgan fingerprint density at radius 2 is 2.31 bits per heavy atom. The maximum Gasteiger partial charge on any atom is 0.269 e. The van der Waals surface area contributed by atoms with E-state index in [-0.39, 0.29) is 18.4 Å². The highest BCUT2D eigenvalue weighted by Gasteiger charge is 2.13. The van der Waals surface area contributed by atoms with E-state index in [0.29, 0.717) is 5.69 Å². The molecule has 0 aliphatic rings. The lowest BCUT2D eigenvalue weighted by Crippen LogP contribution is -2.34. The molecule has 0 saturated heterocycles. The number of H-pyrrole nitrogens is 1. The Hall–Kier alpha value is -1.36. The highest BCUT2D eigenvalue weighted by atomic mass is 16.3. The van der Waals surface area contributed by atoms with Crippen LogP contribution >= 0.6 is 0 Å². The highest BCUT2D eigenvalue weighted by Crippen LogP contribution is 2.01. The van der Waals surface area contributed by atoms with Gasteiger partial charge < -0.3 is 15.4 Å². The maximum absolute atomic E-state index is 11.6. The third-order valence-corrected chi connectivity index (χ3v) is 2.45. The van der Waals surface area contributed by atoms with Gasteiger partial charge >= 0.3 is 0 Å². The number of nitrogens with one attached hydrogen (secondary N) is 2. The molecule has 0 radical (unpaired) electrons. The van der Waals surface area contributed by atoms with Crippen LogP contribution < -0.4 is 5.32 Å². The second-order valence-electron chi connectivity index (χ2n) is 4.12. The predicted octanol–water partition coefficient (Wildman–Crippen LogP) is 0.719. The van der Waals surface area contributed by atoms with Crippen molar-refractivity contribution in [3.05, 3.63) is 17.7 Å². The lowest BCUT2D eigenvalue weighted by atomic mass is 10.1. The number of aliphatic hydroxyl groups excluding tert-OH is 1. The van der Waals surface area contributed by atoms with Crippen LogP contribution in [-0.4, -0.2) is 33.6 Å². The summed E-state index contributed by atoms with van der Waals surface area (Å²) in [5.41, 5.74) is 0.438. The van der Waals surface area contributed by atoms with Crippen LogP contribution in [0.25, 0.3) is 0 Å². The van der Waals surface area contributed by atoms with Crippen LogP contribution in [0.15, 0.2) is 6.20 Å². The zero-order valence-corrected chi connectivity index (χ0v) is 9.95. The van der Waals surface area contributed by atoms with Crippen molar-refractivity contribution < 1.29 is 9.90 Å². The monoisotopic (exact) mass is 225 g/mol. The quantitative estimate of drug-likeness (QED) is 0.691. The summed E-state index contributed by atoms with van der Waals surface area (Å²) in [5, 5.41) is 12.2. The van der Waals surface area contributed by atoms with Gasteiger partial charge in [0.1, 0.15) is 11.5 Å². The molecule has 0 spiro atoms. The number of aromatic nitrogens is 2. The van der Waals surface area contributed by atoms with Crippen molar-refractivity contribution in [2.45, 2.75) is 33.3 Å². The van der Waals surface area contributed by atoms with Gasteiger partial charge in [-0.15, -0.1) is 0 Å². The van der Waals surface area contributed by atoms with E-state index >= 15 is 0 Å². The van der Waals surface area contributed by atoms with Crippen molar-refractivity contribution in [3.63, 3.8) is 0 Å². The van der Waals surface area contributed by atoms with Crippen molar-refractivity contribution in [3.8, 4) is 0 Å². The number of nitrogens with zero attached hydrogens (tertiary/aromatic N) is 1. The number of hydrogen-bond acceptors (Lipinski definition) is 3. The molecule has 3 N–H and O–H groups in total. The number of rotatable bonds is 5. The van der Waals surface area contributed by atoms with Crippen molar-refractivity contribution in [2.24, 2.45) is 5.92 Å². The maximum atomic E-state index is 11.6. The first kappa shape index (κ1) is 12.7. The van der Waals surface area contributed by atoms with E-state index in [1.807, 2.05) is 20.8 Å². The van der Waals surface area contributed by atoms with E-state index in [1.54, 1.807) is 0 Å². The van der Waals surface area contributed by atoms with Crippen molar-refractivity contribution in [1.82, 2.24) is 15.3 Å². The van der Waals surface area contributed by atoms with Crippen molar-refractivity contribution >= 4 is 5.91 Å². The lowest BCUT2D eigenvalue weighted by Gasteiger charge is -2.14. The molecule has 90 valence electrons. The Morgan fingerprint density at radius 3 is 2.81 bits per heavy atom. The van der Waals surface area contributed by atoms with Gasteiger partial charge in [0.25, 0.3) is 5.91 Å². The fourth-order valence-corrected chi connectivity index (χ4v) is 1.19. The molecule has 1 unspecified atom stereocenters. The van der Waals surface area contributed by atoms with Gasteiger partial charge in [0.2, 0.25) is 0 Å². The molecule has 0 aliphatic carbocycles. The summed E-state index contributed by atoms with van der Waals surface area (Å²) >= 11 is 0. The van der Waals surface area contributed by atoms with Gasteiger partial charge in [0.05, 0.1) is 12.3 Å². The van der Waals surface area contributed by atoms with Gasteiger partial charge in [0.15, 0.2) is 0 Å². The molecule has 0 aliphatic heterocycles. The van der Waals surface area contributed by atoms with Crippen molar-refractivity contribution in [2.75, 3.05) is 6.54 Å². The van der Waals surface area contributed by atoms with Crippen molar-refractivity contribution in [1.29, 1.82) is 0 Å². The minimum atomic E-state index is -0.516. The second kappa shape index (κ2) is 5.65. The number of hydrogen-bond donors (Lipinski definition) is 3. The smallest absolute Gasteiger partial charge is 0.269 e. The number of aryl methyl sites for hydroxylation is 1. The van der Waals surface area contributed by atoms with Gasteiger partial charge in [-0.05, 0) is 5.92 Å². The summed E-state index contributed by atoms with van der Waals surface area (Å²) in [6.07, 6.45) is 1.76. The van der Waals surface area contributed by atoms with Gasteiger partial charge in [-0.1, -0.05) is 20.8 Å². The largest absolute Gasteiger partial charge is 0.391 e. The molecule has 0 bridgehead atoms. The molecule has 0 saturated carbocycles. The van der Waals surface area contributed by atoms with Crippen LogP contribution in [0.2, 0.25) is 0 Å². The van der Waals surface area contributed by atoms with Gasteiger partial charge in [-0.2, -0.15) is 0 Å². The molecule has 0 fully saturated rings. The molecule has 0 aromatic carbocycles. The first-order valence-electron chi connectivity index (χ1n) is 5.54. The minimum Gasteiger partial charge on any atom is -0.391 e. The first-order valence-corrected chi connectivity index (χ1v) is 5.54. The topological polar surface area (TPSA) is 78.0 Å². The molecule has 5 nitrogen and oxygen atoms in total. The van der Waals surface area contributed by atoms with Gasteiger partial charge in [-0.3, -0.25) is 4.79 Å². The fourth-order valence-electron chi connectivity index (χ4n) is 1.19. The molecule has 1 aromatic rings. The SMILES string of the molecule is CCc1ncc(C(=O)NCC(O)C(C)C)[nH]1. The van der Waals surface area contributed by atoms with Gasteiger partial charge in [-0.25, -0.2) is 4.98 Å². The lowest BCUT2D eigenvalue weighted by molar-refractivity contribution is 0.0867. The summed E-state index contributed by atoms with van der Waals surface area (Å²) in [6, 6.07) is 0. The third kappa shape index (κ3) is 3.34. The Balaban J connectivity index is 2.46. The average molecular weight is 225 g/mol. The summed E-state index contributed by atoms with van der Waals surface area (Å²) in [4.78, 5) is 18.6. The summed E-state index contributed by atoms with van der Waals surface area (Å²) in [5.74, 6) is 0.690. The number of carbonyl (C=O) groups excluding carboxylic acids is 1. The van der Waals surface area contributed by atoms with E-state index in [2.05, 4.69) is 15.3 Å². The van der Waals surface area contributed by atoms with Crippen LogP contribution in [0.1, 0.15) is 37.1 Å². The Bertz CT molecular complexity index is 347. The number of aliphatic hydroxyl groups is 1. The Labute approximate surface area is 95.3 Å². The third-order valence-electron chi connectivity index (χ3n) is 2.45. The van der Waals surface area contributed by atoms with Crippen LogP contribution in [-0.2, 0) is 6.42 Å². The fraction of sp³-hybridized carbons (Fsp3) is 0.636. The molecule has 1 rings (SSSR count). The first-order chi connectivity index (χ1) is 7.54. The van der Waals surface area contributed by atoms with Crippen LogP contribution in [0.3, 0.4) is 0 Å². The summed E-state index contributed by atoms with van der Waals surface area (Å²) < 4.78 is 0. The summed E-state index contributed by atoms with van der Waals surface area (Å²) in [7, 11) is 0. The number of amides is 1. The number of aromatic amines is 1. The normalized spacial score (nSPS) is 12.8. The van der Waals surface area contributed by atoms with Gasteiger partial charge in [0, 0.05) is 13.0 Å². The molecule has 5 heteroatoms. The Kier molecular flexibility index (Phi) is 4.49. The second-order valence-corrected chi connectivity index (χ2v) is 4.12. The molecule has 1 amide bonds. The van der Waals surface area contributed by atoms with E-state index in [0.717, 1.165) is 12.2 Å². The number of carbonyl (C=O) groups is 1. The van der Waals surface area contributed by atoms with E-state index in [1.165, 1.54) is 6.20 Å². The Morgan fingerprint density at radius 1 is 1.62 bits per heavy atom. The molecule has 1 aromatic heterocycles.